The molecule has 1 aliphatic heterocycles. The molecule has 1 aromatic carbocycles. The SMILES string of the molecule is Cl.NCc1ccc(-c2noc(-c3cccc(C(=O)N4CCCC4)n3)n2)cc1. The molecule has 2 N–H and O–H groups in total. The van der Waals surface area contributed by atoms with Crippen molar-refractivity contribution in [2.24, 2.45) is 5.73 Å². The highest BCUT2D eigenvalue weighted by Gasteiger charge is 2.21. The van der Waals surface area contributed by atoms with E-state index < -0.39 is 0 Å². The summed E-state index contributed by atoms with van der Waals surface area (Å²) in [6.07, 6.45) is 2.09. The summed E-state index contributed by atoms with van der Waals surface area (Å²) < 4.78 is 5.35. The Labute approximate surface area is 163 Å². The van der Waals surface area contributed by atoms with E-state index in [4.69, 9.17) is 10.3 Å². The molecule has 7 nitrogen and oxygen atoms in total. The van der Waals surface area contributed by atoms with Crippen LogP contribution in [0.3, 0.4) is 0 Å². The average molecular weight is 386 g/mol. The largest absolute Gasteiger partial charge is 0.337 e. The molecule has 0 saturated carbocycles. The van der Waals surface area contributed by atoms with E-state index in [9.17, 15) is 4.79 Å². The van der Waals surface area contributed by atoms with Gasteiger partial charge in [-0.15, -0.1) is 12.4 Å². The predicted molar refractivity (Wildman–Crippen MR) is 103 cm³/mol. The van der Waals surface area contributed by atoms with Gasteiger partial charge in [-0.3, -0.25) is 4.79 Å². The summed E-state index contributed by atoms with van der Waals surface area (Å²) in [6.45, 7) is 2.06. The Morgan fingerprint density at radius 1 is 1.07 bits per heavy atom. The fraction of sp³-hybridized carbons (Fsp3) is 0.263. The number of nitrogens with two attached hydrogens (primary N) is 1. The number of pyridine rings is 1. The third-order valence-corrected chi connectivity index (χ3v) is 4.45. The van der Waals surface area contributed by atoms with E-state index in [0.717, 1.165) is 37.1 Å². The van der Waals surface area contributed by atoms with Gasteiger partial charge in [0.1, 0.15) is 11.4 Å². The van der Waals surface area contributed by atoms with Crippen molar-refractivity contribution < 1.29 is 9.32 Å². The minimum Gasteiger partial charge on any atom is -0.337 e. The standard InChI is InChI=1S/C19H19N5O2.ClH/c20-12-13-6-8-14(9-7-13)17-22-18(26-23-17)15-4-3-5-16(21-15)19(25)24-10-1-2-11-24;/h3-9H,1-2,10-12,20H2;1H. The van der Waals surface area contributed by atoms with Gasteiger partial charge in [-0.05, 0) is 30.5 Å². The fourth-order valence-electron chi connectivity index (χ4n) is 2.99. The van der Waals surface area contributed by atoms with E-state index in [1.165, 1.54) is 0 Å². The van der Waals surface area contributed by atoms with Gasteiger partial charge >= 0.3 is 0 Å². The van der Waals surface area contributed by atoms with E-state index in [1.54, 1.807) is 18.2 Å². The van der Waals surface area contributed by atoms with Gasteiger partial charge in [0.15, 0.2) is 0 Å². The number of aromatic nitrogens is 3. The minimum absolute atomic E-state index is 0. The first-order valence-corrected chi connectivity index (χ1v) is 8.64. The van der Waals surface area contributed by atoms with Crippen LogP contribution in [0.4, 0.5) is 0 Å². The summed E-state index contributed by atoms with van der Waals surface area (Å²) >= 11 is 0. The lowest BCUT2D eigenvalue weighted by Gasteiger charge is -2.14. The Balaban J connectivity index is 0.00000210. The lowest BCUT2D eigenvalue weighted by atomic mass is 10.1. The van der Waals surface area contributed by atoms with Crippen LogP contribution in [0.1, 0.15) is 28.9 Å². The second kappa shape index (κ2) is 8.28. The van der Waals surface area contributed by atoms with Gasteiger partial charge in [-0.1, -0.05) is 35.5 Å². The maximum Gasteiger partial charge on any atom is 0.276 e. The second-order valence-corrected chi connectivity index (χ2v) is 6.23. The maximum atomic E-state index is 12.5. The predicted octanol–water partition coefficient (Wildman–Crippen LogP) is 2.92. The summed E-state index contributed by atoms with van der Waals surface area (Å²) in [7, 11) is 0. The Hall–Kier alpha value is -2.77. The molecule has 1 amide bonds. The number of hydrogen-bond acceptors (Lipinski definition) is 6. The van der Waals surface area contributed by atoms with E-state index in [0.29, 0.717) is 29.6 Å². The molecule has 0 unspecified atom stereocenters. The molecular weight excluding hydrogens is 366 g/mol. The third-order valence-electron chi connectivity index (χ3n) is 4.45. The van der Waals surface area contributed by atoms with Gasteiger partial charge in [0.05, 0.1) is 0 Å². The monoisotopic (exact) mass is 385 g/mol. The molecule has 4 rings (SSSR count). The van der Waals surface area contributed by atoms with Crippen LogP contribution in [0, 0.1) is 0 Å². The van der Waals surface area contributed by atoms with E-state index in [2.05, 4.69) is 15.1 Å². The molecule has 27 heavy (non-hydrogen) atoms. The lowest BCUT2D eigenvalue weighted by molar-refractivity contribution is 0.0787. The van der Waals surface area contributed by atoms with Crippen molar-refractivity contribution in [1.82, 2.24) is 20.0 Å². The van der Waals surface area contributed by atoms with Crippen molar-refractivity contribution in [2.45, 2.75) is 19.4 Å². The van der Waals surface area contributed by atoms with Gasteiger partial charge in [-0.25, -0.2) is 4.98 Å². The van der Waals surface area contributed by atoms with Crippen molar-refractivity contribution in [3.05, 3.63) is 53.7 Å². The number of hydrogen-bond donors (Lipinski definition) is 1. The summed E-state index contributed by atoms with van der Waals surface area (Å²) in [6, 6.07) is 12.9. The highest BCUT2D eigenvalue weighted by molar-refractivity contribution is 5.92. The van der Waals surface area contributed by atoms with Crippen LogP contribution in [0.25, 0.3) is 23.0 Å². The molecule has 8 heteroatoms. The molecule has 3 heterocycles. The van der Waals surface area contributed by atoms with Crippen LogP contribution >= 0.6 is 12.4 Å². The van der Waals surface area contributed by atoms with Crippen LogP contribution in [-0.4, -0.2) is 39.0 Å². The molecule has 0 aliphatic carbocycles. The Morgan fingerprint density at radius 2 is 1.81 bits per heavy atom. The molecule has 2 aromatic heterocycles. The molecule has 3 aromatic rings. The average Bonchev–Trinajstić information content (AvgIpc) is 3.40. The summed E-state index contributed by atoms with van der Waals surface area (Å²) in [5.41, 5.74) is 8.38. The van der Waals surface area contributed by atoms with Crippen molar-refractivity contribution in [3.63, 3.8) is 0 Å². The molecule has 0 radical (unpaired) electrons. The Morgan fingerprint density at radius 3 is 2.52 bits per heavy atom. The quantitative estimate of drug-likeness (QED) is 0.741. The van der Waals surface area contributed by atoms with E-state index in [1.807, 2.05) is 29.2 Å². The van der Waals surface area contributed by atoms with Crippen LogP contribution in [0.15, 0.2) is 47.0 Å². The number of halogens is 1. The van der Waals surface area contributed by atoms with Crippen molar-refractivity contribution >= 4 is 18.3 Å². The lowest BCUT2D eigenvalue weighted by Crippen LogP contribution is -2.28. The fourth-order valence-corrected chi connectivity index (χ4v) is 2.99. The number of likely N-dealkylation sites (tertiary alicyclic amines) is 1. The van der Waals surface area contributed by atoms with Crippen LogP contribution in [0.5, 0.6) is 0 Å². The highest BCUT2D eigenvalue weighted by atomic mass is 35.5. The van der Waals surface area contributed by atoms with Crippen molar-refractivity contribution in [1.29, 1.82) is 0 Å². The first-order valence-electron chi connectivity index (χ1n) is 8.64. The first-order chi connectivity index (χ1) is 12.7. The molecule has 0 atom stereocenters. The van der Waals surface area contributed by atoms with E-state index in [-0.39, 0.29) is 18.3 Å². The van der Waals surface area contributed by atoms with Crippen LogP contribution in [0.2, 0.25) is 0 Å². The van der Waals surface area contributed by atoms with Gasteiger partial charge in [-0.2, -0.15) is 4.98 Å². The summed E-state index contributed by atoms with van der Waals surface area (Å²) in [4.78, 5) is 23.2. The number of amides is 1. The number of benzene rings is 1. The molecule has 1 fully saturated rings. The highest BCUT2D eigenvalue weighted by Crippen LogP contribution is 2.22. The third kappa shape index (κ3) is 3.99. The van der Waals surface area contributed by atoms with Gasteiger partial charge in [0.25, 0.3) is 11.8 Å². The topological polar surface area (TPSA) is 98.1 Å². The number of rotatable bonds is 4. The van der Waals surface area contributed by atoms with Gasteiger partial charge < -0.3 is 15.2 Å². The Kier molecular flexibility index (Phi) is 5.83. The zero-order valence-corrected chi connectivity index (χ0v) is 15.5. The number of carbonyl (C=O) groups is 1. The zero-order chi connectivity index (χ0) is 17.9. The smallest absolute Gasteiger partial charge is 0.276 e. The number of carbonyl (C=O) groups excluding carboxylic acids is 1. The molecule has 0 spiro atoms. The van der Waals surface area contributed by atoms with E-state index >= 15 is 0 Å². The minimum atomic E-state index is -0.0542. The normalized spacial score (nSPS) is 13.4. The molecular formula is C19H20ClN5O2. The van der Waals surface area contributed by atoms with Crippen LogP contribution < -0.4 is 5.73 Å². The first kappa shape index (κ1) is 19.0. The van der Waals surface area contributed by atoms with Crippen molar-refractivity contribution in [3.8, 4) is 23.0 Å². The summed E-state index contributed by atoms with van der Waals surface area (Å²) in [5, 5.41) is 4.02. The van der Waals surface area contributed by atoms with Gasteiger partial charge in [0, 0.05) is 25.2 Å². The molecule has 0 bridgehead atoms. The van der Waals surface area contributed by atoms with Gasteiger partial charge in [0.2, 0.25) is 5.82 Å². The molecule has 1 aliphatic rings. The molecule has 1 saturated heterocycles. The van der Waals surface area contributed by atoms with Crippen LogP contribution in [-0.2, 0) is 6.54 Å². The second-order valence-electron chi connectivity index (χ2n) is 6.23. The summed E-state index contributed by atoms with van der Waals surface area (Å²) in [5.74, 6) is 0.710. The maximum absolute atomic E-state index is 12.5. The zero-order valence-electron chi connectivity index (χ0n) is 14.7. The molecule has 140 valence electrons. The Bertz CT molecular complexity index is 920. The number of nitrogens with zero attached hydrogens (tertiary/aromatic N) is 4. The van der Waals surface area contributed by atoms with Crippen molar-refractivity contribution in [2.75, 3.05) is 13.1 Å².